The van der Waals surface area contributed by atoms with Gasteiger partial charge >= 0.3 is 6.18 Å². The van der Waals surface area contributed by atoms with E-state index in [0.29, 0.717) is 0 Å². The van der Waals surface area contributed by atoms with Crippen LogP contribution in [0.25, 0.3) is 5.95 Å². The Balaban J connectivity index is 2.65. The van der Waals surface area contributed by atoms with Gasteiger partial charge < -0.3 is 4.90 Å². The number of rotatable bonds is 3. The molecule has 7 nitrogen and oxygen atoms in total. The number of nitrogens with zero attached hydrogens (tertiary/aromatic N) is 6. The highest BCUT2D eigenvalue weighted by molar-refractivity contribution is 7.84. The second-order valence-electron chi connectivity index (χ2n) is 4.24. The second kappa shape index (κ2) is 5.39. The van der Waals surface area contributed by atoms with Crippen LogP contribution in [0.1, 0.15) is 5.69 Å². The Kier molecular flexibility index (Phi) is 3.94. The van der Waals surface area contributed by atoms with Crippen LogP contribution >= 0.6 is 0 Å². The SMILES string of the molecule is CN(C)c1cc(C(F)(F)F)nc(-n2cnnc2[S@](C)=O)n1. The highest BCUT2D eigenvalue weighted by Gasteiger charge is 2.34. The molecule has 0 aliphatic heterocycles. The predicted molar refractivity (Wildman–Crippen MR) is 68.6 cm³/mol. The molecule has 0 N–H and O–H groups in total. The van der Waals surface area contributed by atoms with E-state index in [-0.39, 0.29) is 16.9 Å². The van der Waals surface area contributed by atoms with Crippen molar-refractivity contribution in [3.63, 3.8) is 0 Å². The van der Waals surface area contributed by atoms with Gasteiger partial charge in [-0.25, -0.2) is 9.55 Å². The van der Waals surface area contributed by atoms with E-state index in [1.165, 1.54) is 11.2 Å². The lowest BCUT2D eigenvalue weighted by molar-refractivity contribution is -0.141. The van der Waals surface area contributed by atoms with Crippen LogP contribution in [0.2, 0.25) is 0 Å². The monoisotopic (exact) mass is 320 g/mol. The molecule has 0 fully saturated rings. The molecule has 0 unspecified atom stereocenters. The number of hydrogen-bond donors (Lipinski definition) is 0. The van der Waals surface area contributed by atoms with Gasteiger partial charge in [0.15, 0.2) is 5.69 Å². The van der Waals surface area contributed by atoms with Crippen LogP contribution < -0.4 is 4.90 Å². The molecule has 2 aromatic heterocycles. The van der Waals surface area contributed by atoms with Crippen LogP contribution in [0.5, 0.6) is 0 Å². The Morgan fingerprint density at radius 1 is 1.29 bits per heavy atom. The number of halogens is 3. The molecule has 11 heteroatoms. The summed E-state index contributed by atoms with van der Waals surface area (Å²) in [6.45, 7) is 0. The molecule has 0 aromatic carbocycles. The third-order valence-corrected chi connectivity index (χ3v) is 3.23. The molecule has 1 atom stereocenters. The van der Waals surface area contributed by atoms with E-state index in [0.717, 1.165) is 17.0 Å². The van der Waals surface area contributed by atoms with Crippen LogP contribution in [-0.4, -0.2) is 49.3 Å². The first-order chi connectivity index (χ1) is 9.70. The van der Waals surface area contributed by atoms with Gasteiger partial charge in [-0.2, -0.15) is 18.2 Å². The van der Waals surface area contributed by atoms with Crippen LogP contribution in [0, 0.1) is 0 Å². The lowest BCUT2D eigenvalue weighted by Crippen LogP contribution is -2.18. The Morgan fingerprint density at radius 3 is 2.48 bits per heavy atom. The van der Waals surface area contributed by atoms with Crippen molar-refractivity contribution in [1.82, 2.24) is 24.7 Å². The molecule has 0 spiro atoms. The number of aromatic nitrogens is 5. The zero-order valence-electron chi connectivity index (χ0n) is 11.3. The Hall–Kier alpha value is -2.04. The molecule has 0 amide bonds. The Bertz CT molecular complexity index is 684. The van der Waals surface area contributed by atoms with Gasteiger partial charge in [0.2, 0.25) is 11.1 Å². The molecule has 2 rings (SSSR count). The minimum atomic E-state index is -4.62. The zero-order chi connectivity index (χ0) is 15.8. The molecule has 0 aliphatic carbocycles. The third-order valence-electron chi connectivity index (χ3n) is 2.44. The van der Waals surface area contributed by atoms with E-state index in [1.54, 1.807) is 14.1 Å². The van der Waals surface area contributed by atoms with Gasteiger partial charge in [-0.05, 0) is 0 Å². The number of hydrogen-bond acceptors (Lipinski definition) is 6. The molecule has 0 aliphatic rings. The summed E-state index contributed by atoms with van der Waals surface area (Å²) >= 11 is 0. The van der Waals surface area contributed by atoms with Crippen molar-refractivity contribution < 1.29 is 17.4 Å². The molecule has 114 valence electrons. The summed E-state index contributed by atoms with van der Waals surface area (Å²) in [5.41, 5.74) is -1.10. The van der Waals surface area contributed by atoms with Crippen molar-refractivity contribution >= 4 is 16.6 Å². The van der Waals surface area contributed by atoms with Gasteiger partial charge in [0.25, 0.3) is 0 Å². The molecule has 21 heavy (non-hydrogen) atoms. The van der Waals surface area contributed by atoms with Gasteiger partial charge in [-0.15, -0.1) is 10.2 Å². The van der Waals surface area contributed by atoms with E-state index in [2.05, 4.69) is 20.2 Å². The highest BCUT2D eigenvalue weighted by Crippen LogP contribution is 2.30. The fourth-order valence-electron chi connectivity index (χ4n) is 1.46. The summed E-state index contributed by atoms with van der Waals surface area (Å²) in [5, 5.41) is 7.10. The van der Waals surface area contributed by atoms with Crippen molar-refractivity contribution in [3.8, 4) is 5.95 Å². The van der Waals surface area contributed by atoms with E-state index in [1.807, 2.05) is 0 Å². The fourth-order valence-corrected chi connectivity index (χ4v) is 2.03. The van der Waals surface area contributed by atoms with Crippen molar-refractivity contribution in [1.29, 1.82) is 0 Å². The van der Waals surface area contributed by atoms with Gasteiger partial charge in [0.05, 0.1) is 10.8 Å². The molecule has 0 saturated carbocycles. The second-order valence-corrected chi connectivity index (χ2v) is 5.51. The van der Waals surface area contributed by atoms with E-state index in [9.17, 15) is 17.4 Å². The summed E-state index contributed by atoms with van der Waals surface area (Å²) in [6, 6.07) is 0.830. The first-order valence-electron chi connectivity index (χ1n) is 5.57. The first kappa shape index (κ1) is 15.4. The largest absolute Gasteiger partial charge is 0.433 e. The lowest BCUT2D eigenvalue weighted by atomic mass is 10.3. The van der Waals surface area contributed by atoms with E-state index >= 15 is 0 Å². The predicted octanol–water partition coefficient (Wildman–Crippen LogP) is 0.879. The fraction of sp³-hybridized carbons (Fsp3) is 0.400. The summed E-state index contributed by atoms with van der Waals surface area (Å²) in [6.07, 6.45) is -2.17. The maximum Gasteiger partial charge on any atom is 0.433 e. The Labute approximate surface area is 120 Å². The standard InChI is InChI=1S/C10H11F3N6OS/c1-18(2)7-4-6(10(11,12)13)15-8(16-7)19-5-14-17-9(19)21(3)20/h4-5H,1-3H3/t21-/m0/s1. The van der Waals surface area contributed by atoms with Crippen LogP contribution in [0.4, 0.5) is 19.0 Å². The molecule has 0 radical (unpaired) electrons. The number of anilines is 1. The van der Waals surface area contributed by atoms with E-state index in [4.69, 9.17) is 0 Å². The van der Waals surface area contributed by atoms with Gasteiger partial charge in [0.1, 0.15) is 12.1 Å². The van der Waals surface area contributed by atoms with E-state index < -0.39 is 22.7 Å². The quantitative estimate of drug-likeness (QED) is 0.835. The van der Waals surface area contributed by atoms with Crippen LogP contribution in [0.3, 0.4) is 0 Å². The highest BCUT2D eigenvalue weighted by atomic mass is 32.2. The summed E-state index contributed by atoms with van der Waals surface area (Å²) in [4.78, 5) is 8.86. The molecule has 2 heterocycles. The first-order valence-corrected chi connectivity index (χ1v) is 7.13. The third kappa shape index (κ3) is 3.17. The van der Waals surface area contributed by atoms with Crippen molar-refractivity contribution in [2.45, 2.75) is 11.3 Å². The maximum absolute atomic E-state index is 12.9. The molecular formula is C10H11F3N6OS. The minimum absolute atomic E-state index is 0.0287. The van der Waals surface area contributed by atoms with Crippen molar-refractivity contribution in [3.05, 3.63) is 18.1 Å². The van der Waals surface area contributed by atoms with Crippen LogP contribution in [-0.2, 0) is 17.0 Å². The Morgan fingerprint density at radius 2 is 1.95 bits per heavy atom. The van der Waals surface area contributed by atoms with Crippen LogP contribution in [0.15, 0.2) is 17.6 Å². The van der Waals surface area contributed by atoms with Crippen molar-refractivity contribution in [2.75, 3.05) is 25.3 Å². The average Bonchev–Trinajstić information content (AvgIpc) is 2.86. The van der Waals surface area contributed by atoms with Gasteiger partial charge in [-0.1, -0.05) is 0 Å². The smallest absolute Gasteiger partial charge is 0.363 e. The van der Waals surface area contributed by atoms with Gasteiger partial charge in [0, 0.05) is 26.4 Å². The maximum atomic E-state index is 12.9. The van der Waals surface area contributed by atoms with Gasteiger partial charge in [-0.3, -0.25) is 4.21 Å². The topological polar surface area (TPSA) is 76.8 Å². The molecule has 0 saturated heterocycles. The normalized spacial score (nSPS) is 13.2. The summed E-state index contributed by atoms with van der Waals surface area (Å²) in [7, 11) is 1.57. The summed E-state index contributed by atoms with van der Waals surface area (Å²) < 4.78 is 51.3. The molecule has 0 bridgehead atoms. The lowest BCUT2D eigenvalue weighted by Gasteiger charge is -2.15. The molecular weight excluding hydrogens is 309 g/mol. The molecule has 2 aromatic rings. The minimum Gasteiger partial charge on any atom is -0.363 e. The van der Waals surface area contributed by atoms with Crippen molar-refractivity contribution in [2.24, 2.45) is 0 Å². The zero-order valence-corrected chi connectivity index (χ0v) is 12.1. The number of alkyl halides is 3. The summed E-state index contributed by atoms with van der Waals surface area (Å²) in [5.74, 6) is -0.224. The average molecular weight is 320 g/mol.